The van der Waals surface area contributed by atoms with Gasteiger partial charge in [0.15, 0.2) is 0 Å². The molecule has 108 valence electrons. The van der Waals surface area contributed by atoms with Gasteiger partial charge in [-0.3, -0.25) is 0 Å². The number of halogens is 1. The van der Waals surface area contributed by atoms with Crippen molar-refractivity contribution in [3.05, 3.63) is 47.8 Å². The fourth-order valence-corrected chi connectivity index (χ4v) is 2.52. The maximum absolute atomic E-state index is 6.03. The molecule has 0 bridgehead atoms. The van der Waals surface area contributed by atoms with Crippen LogP contribution in [-0.2, 0) is 12.4 Å². The molecule has 1 aromatic carbocycles. The number of imidazole rings is 1. The fourth-order valence-electron chi connectivity index (χ4n) is 2.32. The second kappa shape index (κ2) is 5.69. The molecule has 6 heteroatoms. The van der Waals surface area contributed by atoms with Gasteiger partial charge in [-0.25, -0.2) is 15.0 Å². The van der Waals surface area contributed by atoms with Gasteiger partial charge in [0.05, 0.1) is 36.3 Å². The first kappa shape index (κ1) is 13.8. The highest BCUT2D eigenvalue weighted by Crippen LogP contribution is 2.23. The lowest BCUT2D eigenvalue weighted by Crippen LogP contribution is -2.06. The zero-order chi connectivity index (χ0) is 14.8. The molecule has 5 nitrogen and oxygen atoms in total. The summed E-state index contributed by atoms with van der Waals surface area (Å²) in [5.74, 6) is 2.70. The molecule has 0 aliphatic heterocycles. The number of ether oxygens (including phenoxy) is 1. The molecule has 3 rings (SSSR count). The predicted octanol–water partition coefficient (Wildman–Crippen LogP) is 2.93. The maximum Gasteiger partial charge on any atom is 0.125 e. The Morgan fingerprint density at radius 2 is 2.10 bits per heavy atom. The van der Waals surface area contributed by atoms with Gasteiger partial charge in [-0.15, -0.1) is 11.6 Å². The zero-order valence-corrected chi connectivity index (χ0v) is 12.6. The summed E-state index contributed by atoms with van der Waals surface area (Å²) in [6.07, 6.45) is 1.76. The number of benzene rings is 1. The fraction of sp³-hybridized carbons (Fsp3) is 0.267. The number of alkyl halides is 1. The van der Waals surface area contributed by atoms with Crippen LogP contribution in [0.2, 0.25) is 0 Å². The van der Waals surface area contributed by atoms with E-state index in [1.165, 1.54) is 0 Å². The lowest BCUT2D eigenvalue weighted by molar-refractivity contribution is 0.415. The molecule has 0 aliphatic rings. The number of aromatic nitrogens is 4. The first-order valence-corrected chi connectivity index (χ1v) is 7.12. The molecule has 21 heavy (non-hydrogen) atoms. The molecule has 2 heterocycles. The molecular formula is C15H15ClN4O. The maximum atomic E-state index is 6.03. The third-order valence-corrected chi connectivity index (χ3v) is 3.55. The number of methoxy groups -OCH3 is 1. The minimum atomic E-state index is 0.348. The molecule has 0 amide bonds. The molecule has 0 aliphatic carbocycles. The van der Waals surface area contributed by atoms with E-state index in [0.29, 0.717) is 12.4 Å². The first-order valence-electron chi connectivity index (χ1n) is 6.59. The van der Waals surface area contributed by atoms with Crippen molar-refractivity contribution in [2.75, 3.05) is 7.11 Å². The van der Waals surface area contributed by atoms with E-state index in [-0.39, 0.29) is 0 Å². The van der Waals surface area contributed by atoms with Crippen LogP contribution in [-0.4, -0.2) is 26.6 Å². The minimum Gasteiger partial charge on any atom is -0.497 e. The van der Waals surface area contributed by atoms with Gasteiger partial charge in [0, 0.05) is 12.3 Å². The second-order valence-corrected chi connectivity index (χ2v) is 4.96. The van der Waals surface area contributed by atoms with E-state index in [4.69, 9.17) is 16.3 Å². The van der Waals surface area contributed by atoms with E-state index in [1.807, 2.05) is 31.2 Å². The van der Waals surface area contributed by atoms with Crippen LogP contribution in [0.1, 0.15) is 17.3 Å². The van der Waals surface area contributed by atoms with Gasteiger partial charge in [0.2, 0.25) is 0 Å². The summed E-state index contributed by atoms with van der Waals surface area (Å²) in [7, 11) is 1.64. The molecule has 3 aromatic rings. The number of nitrogens with zero attached hydrogens (tertiary/aromatic N) is 4. The molecule has 0 unspecified atom stereocenters. The Balaban J connectivity index is 2.08. The third-order valence-electron chi connectivity index (χ3n) is 3.31. The van der Waals surface area contributed by atoms with Crippen molar-refractivity contribution in [1.29, 1.82) is 0 Å². The van der Waals surface area contributed by atoms with Crippen molar-refractivity contribution in [3.8, 4) is 5.75 Å². The Bertz CT molecular complexity index is 784. The molecule has 0 atom stereocenters. The van der Waals surface area contributed by atoms with Crippen molar-refractivity contribution in [2.24, 2.45) is 0 Å². The Morgan fingerprint density at radius 1 is 1.24 bits per heavy atom. The standard InChI is InChI=1S/C15H15ClN4O/c1-10-17-6-5-11(18-10)9-20-14-4-3-12(21-2)7-13(14)19-15(20)8-16/h3-7H,8-9H2,1-2H3. The second-order valence-electron chi connectivity index (χ2n) is 4.70. The first-order chi connectivity index (χ1) is 10.2. The monoisotopic (exact) mass is 302 g/mol. The minimum absolute atomic E-state index is 0.348. The van der Waals surface area contributed by atoms with Crippen LogP contribution >= 0.6 is 11.6 Å². The van der Waals surface area contributed by atoms with Crippen LogP contribution in [0.25, 0.3) is 11.0 Å². The number of rotatable bonds is 4. The van der Waals surface area contributed by atoms with Gasteiger partial charge in [0.1, 0.15) is 17.4 Å². The van der Waals surface area contributed by atoms with E-state index < -0.39 is 0 Å². The van der Waals surface area contributed by atoms with E-state index in [1.54, 1.807) is 13.3 Å². The van der Waals surface area contributed by atoms with Crippen molar-refractivity contribution < 1.29 is 4.74 Å². The molecular weight excluding hydrogens is 288 g/mol. The Morgan fingerprint density at radius 3 is 2.81 bits per heavy atom. The van der Waals surface area contributed by atoms with E-state index >= 15 is 0 Å². The Labute approximate surface area is 127 Å². The normalized spacial score (nSPS) is 11.0. The average molecular weight is 303 g/mol. The number of fused-ring (bicyclic) bond motifs is 1. The van der Waals surface area contributed by atoms with Crippen molar-refractivity contribution in [2.45, 2.75) is 19.3 Å². The van der Waals surface area contributed by atoms with Crippen molar-refractivity contribution in [3.63, 3.8) is 0 Å². The summed E-state index contributed by atoms with van der Waals surface area (Å²) in [6, 6.07) is 7.72. The van der Waals surface area contributed by atoms with Crippen LogP contribution in [0.3, 0.4) is 0 Å². The summed E-state index contributed by atoms with van der Waals surface area (Å²) in [5.41, 5.74) is 2.82. The number of hydrogen-bond acceptors (Lipinski definition) is 4. The highest BCUT2D eigenvalue weighted by Gasteiger charge is 2.12. The van der Waals surface area contributed by atoms with E-state index in [0.717, 1.165) is 34.1 Å². The molecule has 2 aromatic heterocycles. The molecule has 0 fully saturated rings. The van der Waals surface area contributed by atoms with Gasteiger partial charge in [-0.1, -0.05) is 0 Å². The largest absolute Gasteiger partial charge is 0.497 e. The van der Waals surface area contributed by atoms with E-state index in [9.17, 15) is 0 Å². The molecule has 0 N–H and O–H groups in total. The van der Waals surface area contributed by atoms with Crippen LogP contribution < -0.4 is 4.74 Å². The van der Waals surface area contributed by atoms with Crippen molar-refractivity contribution in [1.82, 2.24) is 19.5 Å². The van der Waals surface area contributed by atoms with Gasteiger partial charge in [0.25, 0.3) is 0 Å². The van der Waals surface area contributed by atoms with Gasteiger partial charge in [-0.2, -0.15) is 0 Å². The van der Waals surface area contributed by atoms with Crippen LogP contribution in [0.4, 0.5) is 0 Å². The highest BCUT2D eigenvalue weighted by molar-refractivity contribution is 6.16. The smallest absolute Gasteiger partial charge is 0.125 e. The summed E-state index contributed by atoms with van der Waals surface area (Å²) in [4.78, 5) is 13.1. The molecule has 0 radical (unpaired) electrons. The van der Waals surface area contributed by atoms with Crippen molar-refractivity contribution >= 4 is 22.6 Å². The van der Waals surface area contributed by atoms with E-state index in [2.05, 4.69) is 19.5 Å². The average Bonchev–Trinajstić information content (AvgIpc) is 2.84. The quantitative estimate of drug-likeness (QED) is 0.695. The van der Waals surface area contributed by atoms with Crippen LogP contribution in [0.5, 0.6) is 5.75 Å². The van der Waals surface area contributed by atoms with Gasteiger partial charge in [-0.05, 0) is 25.1 Å². The summed E-state index contributed by atoms with van der Waals surface area (Å²) in [6.45, 7) is 2.50. The molecule has 0 saturated carbocycles. The Kier molecular flexibility index (Phi) is 3.75. The SMILES string of the molecule is COc1ccc2c(c1)nc(CCl)n2Cc1ccnc(C)n1. The summed E-state index contributed by atoms with van der Waals surface area (Å²) in [5, 5.41) is 0. The van der Waals surface area contributed by atoms with Gasteiger partial charge < -0.3 is 9.30 Å². The topological polar surface area (TPSA) is 52.8 Å². The van der Waals surface area contributed by atoms with Crippen LogP contribution in [0, 0.1) is 6.92 Å². The lowest BCUT2D eigenvalue weighted by Gasteiger charge is -2.08. The number of hydrogen-bond donors (Lipinski definition) is 0. The predicted molar refractivity (Wildman–Crippen MR) is 81.7 cm³/mol. The summed E-state index contributed by atoms with van der Waals surface area (Å²) >= 11 is 6.03. The Hall–Kier alpha value is -2.14. The third kappa shape index (κ3) is 2.69. The molecule has 0 spiro atoms. The van der Waals surface area contributed by atoms with Crippen LogP contribution in [0.15, 0.2) is 30.5 Å². The summed E-state index contributed by atoms with van der Waals surface area (Å²) < 4.78 is 7.31. The van der Waals surface area contributed by atoms with Gasteiger partial charge >= 0.3 is 0 Å². The lowest BCUT2D eigenvalue weighted by atomic mass is 10.3. The number of aryl methyl sites for hydroxylation is 1. The highest BCUT2D eigenvalue weighted by atomic mass is 35.5. The zero-order valence-electron chi connectivity index (χ0n) is 11.9. The molecule has 0 saturated heterocycles.